The van der Waals surface area contributed by atoms with Crippen molar-refractivity contribution in [3.8, 4) is 0 Å². The zero-order chi connectivity index (χ0) is 12.9. The zero-order valence-electron chi connectivity index (χ0n) is 11.0. The van der Waals surface area contributed by atoms with Crippen LogP contribution in [-0.2, 0) is 0 Å². The predicted octanol–water partition coefficient (Wildman–Crippen LogP) is 3.76. The van der Waals surface area contributed by atoms with Gasteiger partial charge in [0.2, 0.25) is 11.1 Å². The predicted molar refractivity (Wildman–Crippen MR) is 87.3 cm³/mol. The van der Waals surface area contributed by atoms with Gasteiger partial charge in [0.15, 0.2) is 0 Å². The number of thiazole rings is 1. The molecule has 1 saturated heterocycles. The van der Waals surface area contributed by atoms with E-state index in [1.165, 1.54) is 12.8 Å². The molecular formula is C14H17ClN4S. The first-order chi connectivity index (χ1) is 9.42. The Hall–Kier alpha value is -1.59. The van der Waals surface area contributed by atoms with Crippen LogP contribution in [0.5, 0.6) is 0 Å². The number of hydrogen-bond acceptors (Lipinski definition) is 3. The standard InChI is InChI=1S/C14H16N4S.ClH/c1-2-6-12(7-3-1)16-13(18-9-4-5-10-18)17-14-15-8-11-19-14;/h1-3,6-8,11H,4-5,9-10H2,(H,15,16,17);1H. The number of benzene rings is 1. The van der Waals surface area contributed by atoms with Crippen LogP contribution >= 0.6 is 23.7 Å². The second-order valence-corrected chi connectivity index (χ2v) is 5.31. The van der Waals surface area contributed by atoms with E-state index in [-0.39, 0.29) is 12.4 Å². The molecule has 1 fully saturated rings. The Labute approximate surface area is 129 Å². The normalized spacial score (nSPS) is 15.0. The first kappa shape index (κ1) is 14.8. The monoisotopic (exact) mass is 308 g/mol. The van der Waals surface area contributed by atoms with E-state index in [0.29, 0.717) is 0 Å². The van der Waals surface area contributed by atoms with Gasteiger partial charge in [0, 0.05) is 30.4 Å². The van der Waals surface area contributed by atoms with E-state index in [9.17, 15) is 0 Å². The second-order valence-electron chi connectivity index (χ2n) is 4.44. The Bertz CT molecular complexity index is 536. The summed E-state index contributed by atoms with van der Waals surface area (Å²) in [7, 11) is 0. The topological polar surface area (TPSA) is 40.5 Å². The number of nitrogens with zero attached hydrogens (tertiary/aromatic N) is 3. The highest BCUT2D eigenvalue weighted by Crippen LogP contribution is 2.18. The highest BCUT2D eigenvalue weighted by molar-refractivity contribution is 7.13. The van der Waals surface area contributed by atoms with E-state index in [1.54, 1.807) is 17.5 Å². The lowest BCUT2D eigenvalue weighted by Gasteiger charge is -2.20. The highest BCUT2D eigenvalue weighted by atomic mass is 35.5. The second kappa shape index (κ2) is 7.26. The molecule has 0 aliphatic carbocycles. The molecule has 1 aromatic carbocycles. The summed E-state index contributed by atoms with van der Waals surface area (Å²) < 4.78 is 0. The lowest BCUT2D eigenvalue weighted by molar-refractivity contribution is 0.518. The van der Waals surface area contributed by atoms with Crippen molar-refractivity contribution in [3.63, 3.8) is 0 Å². The number of aliphatic imine (C=N–C) groups is 1. The van der Waals surface area contributed by atoms with E-state index in [1.807, 2.05) is 35.7 Å². The van der Waals surface area contributed by atoms with Gasteiger partial charge in [-0.05, 0) is 25.0 Å². The summed E-state index contributed by atoms with van der Waals surface area (Å²) in [4.78, 5) is 11.2. The van der Waals surface area contributed by atoms with Gasteiger partial charge >= 0.3 is 0 Å². The van der Waals surface area contributed by atoms with Crippen LogP contribution in [0.3, 0.4) is 0 Å². The SMILES string of the molecule is Cl.c1ccc(NC(=Nc2nccs2)N2CCCC2)cc1. The van der Waals surface area contributed by atoms with Crippen LogP contribution < -0.4 is 5.32 Å². The third-order valence-corrected chi connectivity index (χ3v) is 3.72. The van der Waals surface area contributed by atoms with Crippen molar-refractivity contribution in [2.75, 3.05) is 18.4 Å². The maximum atomic E-state index is 4.63. The smallest absolute Gasteiger partial charge is 0.212 e. The fourth-order valence-corrected chi connectivity index (χ4v) is 2.62. The number of hydrogen-bond donors (Lipinski definition) is 1. The minimum atomic E-state index is 0. The van der Waals surface area contributed by atoms with Crippen LogP contribution in [0.15, 0.2) is 46.9 Å². The zero-order valence-corrected chi connectivity index (χ0v) is 12.7. The van der Waals surface area contributed by atoms with Crippen molar-refractivity contribution in [2.24, 2.45) is 4.99 Å². The molecule has 0 amide bonds. The van der Waals surface area contributed by atoms with E-state index in [0.717, 1.165) is 29.9 Å². The average molecular weight is 309 g/mol. The average Bonchev–Trinajstić information content (AvgIpc) is 3.12. The maximum absolute atomic E-state index is 4.63. The molecule has 0 radical (unpaired) electrons. The van der Waals surface area contributed by atoms with E-state index < -0.39 is 0 Å². The van der Waals surface area contributed by atoms with Crippen LogP contribution in [0.4, 0.5) is 10.8 Å². The molecule has 2 heterocycles. The lowest BCUT2D eigenvalue weighted by Crippen LogP contribution is -2.33. The number of para-hydroxylation sites is 1. The summed E-state index contributed by atoms with van der Waals surface area (Å²) in [6.45, 7) is 2.12. The summed E-state index contributed by atoms with van der Waals surface area (Å²) in [6.07, 6.45) is 4.24. The molecule has 106 valence electrons. The van der Waals surface area contributed by atoms with Crippen molar-refractivity contribution in [1.29, 1.82) is 0 Å². The summed E-state index contributed by atoms with van der Waals surface area (Å²) in [6, 6.07) is 10.2. The van der Waals surface area contributed by atoms with Gasteiger partial charge in [0.25, 0.3) is 0 Å². The minimum absolute atomic E-state index is 0. The van der Waals surface area contributed by atoms with Crippen LogP contribution in [-0.4, -0.2) is 28.9 Å². The van der Waals surface area contributed by atoms with Gasteiger partial charge in [-0.1, -0.05) is 18.2 Å². The lowest BCUT2D eigenvalue weighted by atomic mass is 10.3. The summed E-state index contributed by atoms with van der Waals surface area (Å²) in [5, 5.41) is 6.15. The molecule has 1 aromatic heterocycles. The van der Waals surface area contributed by atoms with E-state index >= 15 is 0 Å². The van der Waals surface area contributed by atoms with Gasteiger partial charge in [-0.2, -0.15) is 4.99 Å². The minimum Gasteiger partial charge on any atom is -0.342 e. The summed E-state index contributed by atoms with van der Waals surface area (Å²) >= 11 is 1.56. The molecule has 1 N–H and O–H groups in total. The fourth-order valence-electron chi connectivity index (χ4n) is 2.12. The van der Waals surface area contributed by atoms with Crippen LogP contribution in [0.2, 0.25) is 0 Å². The number of nitrogens with one attached hydrogen (secondary N) is 1. The largest absolute Gasteiger partial charge is 0.342 e. The first-order valence-corrected chi connectivity index (χ1v) is 7.35. The van der Waals surface area contributed by atoms with Gasteiger partial charge in [-0.3, -0.25) is 0 Å². The van der Waals surface area contributed by atoms with Gasteiger partial charge in [-0.15, -0.1) is 23.7 Å². The Morgan fingerprint density at radius 2 is 1.95 bits per heavy atom. The molecule has 20 heavy (non-hydrogen) atoms. The number of rotatable bonds is 2. The Balaban J connectivity index is 0.00000147. The van der Waals surface area contributed by atoms with Gasteiger partial charge in [-0.25, -0.2) is 4.98 Å². The van der Waals surface area contributed by atoms with E-state index in [4.69, 9.17) is 0 Å². The molecular weight excluding hydrogens is 292 g/mol. The van der Waals surface area contributed by atoms with Crippen LogP contribution in [0, 0.1) is 0 Å². The Kier molecular flexibility index (Phi) is 5.38. The summed E-state index contributed by atoms with van der Waals surface area (Å²) in [5.74, 6) is 0.902. The molecule has 0 unspecified atom stereocenters. The molecule has 0 bridgehead atoms. The van der Waals surface area contributed by atoms with Crippen molar-refractivity contribution in [1.82, 2.24) is 9.88 Å². The van der Waals surface area contributed by atoms with Gasteiger partial charge in [0.05, 0.1) is 0 Å². The number of halogens is 1. The molecule has 4 nitrogen and oxygen atoms in total. The first-order valence-electron chi connectivity index (χ1n) is 6.47. The number of likely N-dealkylation sites (tertiary alicyclic amines) is 1. The molecule has 0 atom stereocenters. The molecule has 2 aromatic rings. The third kappa shape index (κ3) is 3.71. The summed E-state index contributed by atoms with van der Waals surface area (Å²) in [5.41, 5.74) is 1.06. The Morgan fingerprint density at radius 1 is 1.20 bits per heavy atom. The van der Waals surface area contributed by atoms with E-state index in [2.05, 4.69) is 20.2 Å². The fraction of sp³-hybridized carbons (Fsp3) is 0.286. The van der Waals surface area contributed by atoms with Crippen molar-refractivity contribution in [3.05, 3.63) is 41.9 Å². The Morgan fingerprint density at radius 3 is 2.60 bits per heavy atom. The van der Waals surface area contributed by atoms with Crippen molar-refractivity contribution < 1.29 is 0 Å². The maximum Gasteiger partial charge on any atom is 0.212 e. The van der Waals surface area contributed by atoms with Gasteiger partial charge in [0.1, 0.15) is 0 Å². The molecule has 0 spiro atoms. The van der Waals surface area contributed by atoms with Crippen molar-refractivity contribution in [2.45, 2.75) is 12.8 Å². The number of guanidine groups is 1. The van der Waals surface area contributed by atoms with Gasteiger partial charge < -0.3 is 10.2 Å². The third-order valence-electron chi connectivity index (χ3n) is 3.06. The number of aromatic nitrogens is 1. The molecule has 3 rings (SSSR count). The highest BCUT2D eigenvalue weighted by Gasteiger charge is 2.16. The quantitative estimate of drug-likeness (QED) is 0.678. The molecule has 1 aliphatic heterocycles. The molecule has 6 heteroatoms. The van der Waals surface area contributed by atoms with Crippen molar-refractivity contribution >= 4 is 40.5 Å². The molecule has 1 aliphatic rings. The number of anilines is 1. The van der Waals surface area contributed by atoms with Crippen LogP contribution in [0.25, 0.3) is 0 Å². The van der Waals surface area contributed by atoms with Crippen LogP contribution in [0.1, 0.15) is 12.8 Å². The molecule has 0 saturated carbocycles.